The highest BCUT2D eigenvalue weighted by Crippen LogP contribution is 2.00. The zero-order valence-electron chi connectivity index (χ0n) is 13.2. The summed E-state index contributed by atoms with van der Waals surface area (Å²) < 4.78 is 5.07. The maximum absolute atomic E-state index is 11.6. The highest BCUT2D eigenvalue weighted by molar-refractivity contribution is 5.91. The van der Waals surface area contributed by atoms with Crippen molar-refractivity contribution >= 4 is 18.0 Å². The highest BCUT2D eigenvalue weighted by atomic mass is 16.5. The van der Waals surface area contributed by atoms with E-state index in [4.69, 9.17) is 4.74 Å². The average molecular weight is 301 g/mol. The Balaban J connectivity index is 2.11. The van der Waals surface area contributed by atoms with E-state index in [9.17, 15) is 9.59 Å². The first-order valence-electron chi connectivity index (χ1n) is 7.44. The molecule has 1 aromatic carbocycles. The van der Waals surface area contributed by atoms with Gasteiger partial charge in [-0.3, -0.25) is 4.79 Å². The molecule has 0 atom stereocenters. The van der Waals surface area contributed by atoms with Crippen molar-refractivity contribution in [2.75, 3.05) is 13.2 Å². The van der Waals surface area contributed by atoms with Gasteiger partial charge in [0.05, 0.1) is 6.61 Å². The van der Waals surface area contributed by atoms with Crippen LogP contribution in [0.5, 0.6) is 0 Å². The Morgan fingerprint density at radius 1 is 1.18 bits per heavy atom. The van der Waals surface area contributed by atoms with Crippen molar-refractivity contribution in [3.63, 3.8) is 0 Å². The Labute approximate surface area is 131 Å². The highest BCUT2D eigenvalue weighted by Gasteiger charge is 2.03. The number of carbonyl (C=O) groups excluding carboxylic acids is 2. The molecular formula is C18H23NO3. The Bertz CT molecular complexity index is 533. The third-order valence-corrected chi connectivity index (χ3v) is 3.09. The van der Waals surface area contributed by atoms with E-state index in [-0.39, 0.29) is 11.9 Å². The van der Waals surface area contributed by atoms with Crippen LogP contribution >= 0.6 is 0 Å². The standard InChI is InChI=1S/C18H23NO3/c1-3-15(2)18(21)22-14-8-7-13-19-17(20)12-11-16-9-5-4-6-10-16/h3-6,9-12H,7-8,13-14H2,1-2H3,(H,19,20). The summed E-state index contributed by atoms with van der Waals surface area (Å²) in [6.45, 7) is 4.47. The molecule has 0 radical (unpaired) electrons. The van der Waals surface area contributed by atoms with E-state index in [1.165, 1.54) is 6.08 Å². The summed E-state index contributed by atoms with van der Waals surface area (Å²) in [5, 5.41) is 2.80. The molecule has 0 fully saturated rings. The van der Waals surface area contributed by atoms with Crippen LogP contribution in [-0.4, -0.2) is 25.0 Å². The molecule has 0 aliphatic carbocycles. The third kappa shape index (κ3) is 7.43. The van der Waals surface area contributed by atoms with Gasteiger partial charge in [-0.05, 0) is 38.3 Å². The minimum atomic E-state index is -0.280. The number of rotatable bonds is 8. The quantitative estimate of drug-likeness (QED) is 0.456. The minimum Gasteiger partial charge on any atom is -0.462 e. The van der Waals surface area contributed by atoms with E-state index in [1.807, 2.05) is 30.3 Å². The van der Waals surface area contributed by atoms with Crippen LogP contribution in [-0.2, 0) is 14.3 Å². The van der Waals surface area contributed by atoms with E-state index >= 15 is 0 Å². The van der Waals surface area contributed by atoms with Gasteiger partial charge in [0, 0.05) is 18.2 Å². The first-order chi connectivity index (χ1) is 10.6. The van der Waals surface area contributed by atoms with Crippen LogP contribution in [0.3, 0.4) is 0 Å². The van der Waals surface area contributed by atoms with E-state index in [2.05, 4.69) is 5.32 Å². The average Bonchev–Trinajstić information content (AvgIpc) is 2.56. The lowest BCUT2D eigenvalue weighted by Gasteiger charge is -2.05. The van der Waals surface area contributed by atoms with Gasteiger partial charge in [0.25, 0.3) is 0 Å². The van der Waals surface area contributed by atoms with Gasteiger partial charge >= 0.3 is 5.97 Å². The maximum atomic E-state index is 11.6. The van der Waals surface area contributed by atoms with Crippen LogP contribution in [0.1, 0.15) is 32.3 Å². The van der Waals surface area contributed by atoms with Gasteiger partial charge in [-0.1, -0.05) is 36.4 Å². The van der Waals surface area contributed by atoms with Crippen molar-refractivity contribution in [1.29, 1.82) is 0 Å². The van der Waals surface area contributed by atoms with Crippen LogP contribution < -0.4 is 5.32 Å². The molecule has 0 aliphatic heterocycles. The van der Waals surface area contributed by atoms with Crippen LogP contribution in [0, 0.1) is 0 Å². The molecule has 0 aromatic heterocycles. The van der Waals surface area contributed by atoms with Crippen LogP contribution in [0.2, 0.25) is 0 Å². The van der Waals surface area contributed by atoms with Crippen molar-refractivity contribution < 1.29 is 14.3 Å². The van der Waals surface area contributed by atoms with Gasteiger partial charge < -0.3 is 10.1 Å². The zero-order chi connectivity index (χ0) is 16.2. The lowest BCUT2D eigenvalue weighted by molar-refractivity contribution is -0.139. The van der Waals surface area contributed by atoms with Crippen molar-refractivity contribution in [2.45, 2.75) is 26.7 Å². The summed E-state index contributed by atoms with van der Waals surface area (Å²) in [6, 6.07) is 9.65. The number of nitrogens with one attached hydrogen (secondary N) is 1. The number of carbonyl (C=O) groups is 2. The van der Waals surface area contributed by atoms with Gasteiger partial charge in [-0.2, -0.15) is 0 Å². The molecule has 0 bridgehead atoms. The monoisotopic (exact) mass is 301 g/mol. The Morgan fingerprint density at radius 2 is 1.91 bits per heavy atom. The number of amides is 1. The third-order valence-electron chi connectivity index (χ3n) is 3.09. The molecule has 1 rings (SSSR count). The van der Waals surface area contributed by atoms with Crippen LogP contribution in [0.15, 0.2) is 48.1 Å². The summed E-state index contributed by atoms with van der Waals surface area (Å²) in [6.07, 6.45) is 6.52. The second kappa shape index (κ2) is 10.4. The molecule has 0 spiro atoms. The summed E-state index contributed by atoms with van der Waals surface area (Å²) in [4.78, 5) is 23.0. The SMILES string of the molecule is CC=C(C)C(=O)OCCCCNC(=O)C=Cc1ccccc1. The molecule has 4 heteroatoms. The topological polar surface area (TPSA) is 55.4 Å². The van der Waals surface area contributed by atoms with Crippen LogP contribution in [0.25, 0.3) is 6.08 Å². The lowest BCUT2D eigenvalue weighted by Crippen LogP contribution is -2.22. The summed E-state index contributed by atoms with van der Waals surface area (Å²) in [5.74, 6) is -0.400. The number of hydrogen-bond donors (Lipinski definition) is 1. The number of esters is 1. The number of ether oxygens (including phenoxy) is 1. The summed E-state index contributed by atoms with van der Waals surface area (Å²) in [5.41, 5.74) is 1.60. The molecule has 1 aromatic rings. The Hall–Kier alpha value is -2.36. The van der Waals surface area contributed by atoms with E-state index in [1.54, 1.807) is 26.0 Å². The molecule has 0 unspecified atom stereocenters. The minimum absolute atomic E-state index is 0.120. The van der Waals surface area contributed by atoms with Gasteiger partial charge in [0.1, 0.15) is 0 Å². The second-order valence-corrected chi connectivity index (χ2v) is 4.85. The first-order valence-corrected chi connectivity index (χ1v) is 7.44. The molecule has 0 saturated heterocycles. The smallest absolute Gasteiger partial charge is 0.333 e. The number of benzene rings is 1. The predicted octanol–water partition coefficient (Wildman–Crippen LogP) is 3.11. The fourth-order valence-electron chi connectivity index (χ4n) is 1.63. The molecule has 0 saturated carbocycles. The molecule has 0 aliphatic rings. The van der Waals surface area contributed by atoms with Gasteiger partial charge in [0.2, 0.25) is 5.91 Å². The molecule has 1 N–H and O–H groups in total. The van der Waals surface area contributed by atoms with Gasteiger partial charge in [-0.15, -0.1) is 0 Å². The lowest BCUT2D eigenvalue weighted by atomic mass is 10.2. The fraction of sp³-hybridized carbons (Fsp3) is 0.333. The normalized spacial score (nSPS) is 11.5. The summed E-state index contributed by atoms with van der Waals surface area (Å²) in [7, 11) is 0. The van der Waals surface area contributed by atoms with Gasteiger partial charge in [-0.25, -0.2) is 4.79 Å². The fourth-order valence-corrected chi connectivity index (χ4v) is 1.63. The number of hydrogen-bond acceptors (Lipinski definition) is 3. The van der Waals surface area contributed by atoms with E-state index in [0.29, 0.717) is 18.7 Å². The zero-order valence-corrected chi connectivity index (χ0v) is 13.2. The molecule has 118 valence electrons. The number of allylic oxidation sites excluding steroid dienone is 1. The second-order valence-electron chi connectivity index (χ2n) is 4.85. The molecule has 1 amide bonds. The van der Waals surface area contributed by atoms with Crippen molar-refractivity contribution in [3.05, 3.63) is 53.6 Å². The van der Waals surface area contributed by atoms with E-state index < -0.39 is 0 Å². The maximum Gasteiger partial charge on any atom is 0.333 e. The van der Waals surface area contributed by atoms with Crippen molar-refractivity contribution in [3.8, 4) is 0 Å². The number of unbranched alkanes of at least 4 members (excludes halogenated alkanes) is 1. The predicted molar refractivity (Wildman–Crippen MR) is 88.1 cm³/mol. The van der Waals surface area contributed by atoms with Crippen molar-refractivity contribution in [1.82, 2.24) is 5.32 Å². The van der Waals surface area contributed by atoms with Gasteiger partial charge in [0.15, 0.2) is 0 Å². The molecular weight excluding hydrogens is 278 g/mol. The van der Waals surface area contributed by atoms with Crippen molar-refractivity contribution in [2.24, 2.45) is 0 Å². The molecule has 0 heterocycles. The van der Waals surface area contributed by atoms with Crippen LogP contribution in [0.4, 0.5) is 0 Å². The molecule has 4 nitrogen and oxygen atoms in total. The largest absolute Gasteiger partial charge is 0.462 e. The van der Waals surface area contributed by atoms with E-state index in [0.717, 1.165) is 18.4 Å². The first kappa shape index (κ1) is 17.7. The summed E-state index contributed by atoms with van der Waals surface area (Å²) >= 11 is 0. The Morgan fingerprint density at radius 3 is 2.59 bits per heavy atom. The molecule has 22 heavy (non-hydrogen) atoms. The Kier molecular flexibility index (Phi) is 8.35.